The van der Waals surface area contributed by atoms with Crippen molar-refractivity contribution in [1.29, 1.82) is 0 Å². The number of sulfonamides is 1. The van der Waals surface area contributed by atoms with Crippen LogP contribution >= 0.6 is 0 Å². The summed E-state index contributed by atoms with van der Waals surface area (Å²) in [6.07, 6.45) is 1.33. The highest BCUT2D eigenvalue weighted by Gasteiger charge is 2.16. The van der Waals surface area contributed by atoms with Gasteiger partial charge in [-0.05, 0) is 36.0 Å². The molecule has 0 atom stereocenters. The van der Waals surface area contributed by atoms with E-state index in [-0.39, 0.29) is 11.2 Å². The largest absolute Gasteiger partial charge is 0.399 e. The van der Waals surface area contributed by atoms with Crippen LogP contribution in [-0.4, -0.2) is 20.7 Å². The molecule has 108 valence electrons. The summed E-state index contributed by atoms with van der Waals surface area (Å²) < 4.78 is 26.2. The Morgan fingerprint density at radius 3 is 2.26 bits per heavy atom. The average molecular weight is 284 g/mol. The van der Waals surface area contributed by atoms with Crippen molar-refractivity contribution in [3.63, 3.8) is 0 Å². The summed E-state index contributed by atoms with van der Waals surface area (Å²) in [6.45, 7) is 6.54. The molecule has 0 amide bonds. The van der Waals surface area contributed by atoms with Gasteiger partial charge in [-0.3, -0.25) is 0 Å². The lowest BCUT2D eigenvalue weighted by Gasteiger charge is -2.17. The minimum atomic E-state index is -3.17. The first-order chi connectivity index (χ1) is 8.68. The molecular formula is C14H24N2O2S. The van der Waals surface area contributed by atoms with Gasteiger partial charge in [0.15, 0.2) is 0 Å². The van der Waals surface area contributed by atoms with E-state index in [9.17, 15) is 8.42 Å². The smallest absolute Gasteiger partial charge is 0.211 e. The van der Waals surface area contributed by atoms with Gasteiger partial charge in [-0.2, -0.15) is 0 Å². The van der Waals surface area contributed by atoms with E-state index in [2.05, 4.69) is 4.72 Å². The van der Waals surface area contributed by atoms with Crippen molar-refractivity contribution in [2.45, 2.75) is 33.6 Å². The van der Waals surface area contributed by atoms with Crippen molar-refractivity contribution in [2.24, 2.45) is 5.41 Å². The van der Waals surface area contributed by atoms with Gasteiger partial charge in [-0.15, -0.1) is 0 Å². The third kappa shape index (κ3) is 7.18. The summed E-state index contributed by atoms with van der Waals surface area (Å²) in [6, 6.07) is 7.48. The number of nitrogens with one attached hydrogen (secondary N) is 1. The molecule has 0 aromatic heterocycles. The molecule has 0 aliphatic carbocycles. The van der Waals surface area contributed by atoms with Crippen LogP contribution in [0.2, 0.25) is 0 Å². The van der Waals surface area contributed by atoms with Crippen LogP contribution in [0.4, 0.5) is 5.69 Å². The zero-order chi connectivity index (χ0) is 14.5. The average Bonchev–Trinajstić information content (AvgIpc) is 2.29. The molecule has 0 unspecified atom stereocenters. The summed E-state index contributed by atoms with van der Waals surface area (Å²) in [7, 11) is -3.17. The van der Waals surface area contributed by atoms with Crippen molar-refractivity contribution < 1.29 is 8.42 Å². The second kappa shape index (κ2) is 6.39. The normalized spacial score (nSPS) is 12.6. The Balaban J connectivity index is 2.37. The number of hydrogen-bond acceptors (Lipinski definition) is 3. The Labute approximate surface area is 116 Å². The summed E-state index contributed by atoms with van der Waals surface area (Å²) in [5, 5.41) is 0. The molecular weight excluding hydrogens is 260 g/mol. The molecule has 0 saturated carbocycles. The molecule has 1 rings (SSSR count). The first-order valence-corrected chi connectivity index (χ1v) is 8.15. The molecule has 0 fully saturated rings. The number of benzene rings is 1. The van der Waals surface area contributed by atoms with Crippen LogP contribution in [0, 0.1) is 5.41 Å². The van der Waals surface area contributed by atoms with Gasteiger partial charge >= 0.3 is 0 Å². The topological polar surface area (TPSA) is 72.2 Å². The maximum atomic E-state index is 11.8. The third-order valence-corrected chi connectivity index (χ3v) is 4.22. The lowest BCUT2D eigenvalue weighted by atomic mass is 9.94. The highest BCUT2D eigenvalue weighted by molar-refractivity contribution is 7.89. The standard InChI is InChI=1S/C14H24N2O2S/c1-14(2,3)9-11-19(17,18)16-10-8-12-4-6-13(15)7-5-12/h4-7,16H,8-11,15H2,1-3H3. The lowest BCUT2D eigenvalue weighted by Crippen LogP contribution is -2.30. The number of rotatable bonds is 6. The van der Waals surface area contributed by atoms with Gasteiger partial charge in [0, 0.05) is 12.2 Å². The van der Waals surface area contributed by atoms with Crippen LogP contribution in [0.5, 0.6) is 0 Å². The number of nitrogen functional groups attached to an aromatic ring is 1. The van der Waals surface area contributed by atoms with Gasteiger partial charge in [0.2, 0.25) is 10.0 Å². The van der Waals surface area contributed by atoms with Gasteiger partial charge < -0.3 is 5.73 Å². The van der Waals surface area contributed by atoms with E-state index < -0.39 is 10.0 Å². The van der Waals surface area contributed by atoms with Gasteiger partial charge in [-0.25, -0.2) is 13.1 Å². The van der Waals surface area contributed by atoms with Crippen LogP contribution in [0.15, 0.2) is 24.3 Å². The Kier molecular flexibility index (Phi) is 5.38. The first-order valence-electron chi connectivity index (χ1n) is 6.50. The minimum absolute atomic E-state index is 0.0334. The van der Waals surface area contributed by atoms with E-state index in [0.29, 0.717) is 19.4 Å². The van der Waals surface area contributed by atoms with Crippen LogP contribution < -0.4 is 10.5 Å². The van der Waals surface area contributed by atoms with E-state index in [1.807, 2.05) is 45.0 Å². The van der Waals surface area contributed by atoms with Gasteiger partial charge in [-0.1, -0.05) is 32.9 Å². The monoisotopic (exact) mass is 284 g/mol. The van der Waals surface area contributed by atoms with Crippen molar-refractivity contribution in [3.05, 3.63) is 29.8 Å². The van der Waals surface area contributed by atoms with E-state index in [1.54, 1.807) is 0 Å². The predicted molar refractivity (Wildman–Crippen MR) is 80.4 cm³/mol. The Hall–Kier alpha value is -1.07. The Bertz CT molecular complexity index is 487. The van der Waals surface area contributed by atoms with Crippen molar-refractivity contribution >= 4 is 15.7 Å². The summed E-state index contributed by atoms with van der Waals surface area (Å²) in [5.74, 6) is 0.179. The molecule has 0 aliphatic heterocycles. The minimum Gasteiger partial charge on any atom is -0.399 e. The molecule has 19 heavy (non-hydrogen) atoms. The van der Waals surface area contributed by atoms with Gasteiger partial charge in [0.1, 0.15) is 0 Å². The van der Waals surface area contributed by atoms with Crippen LogP contribution in [0.25, 0.3) is 0 Å². The van der Waals surface area contributed by atoms with E-state index in [4.69, 9.17) is 5.73 Å². The van der Waals surface area contributed by atoms with Gasteiger partial charge in [0.25, 0.3) is 0 Å². The predicted octanol–water partition coefficient (Wildman–Crippen LogP) is 2.17. The molecule has 0 bridgehead atoms. The second-order valence-corrected chi connectivity index (χ2v) is 7.94. The van der Waals surface area contributed by atoms with E-state index in [0.717, 1.165) is 11.3 Å². The van der Waals surface area contributed by atoms with E-state index >= 15 is 0 Å². The van der Waals surface area contributed by atoms with E-state index in [1.165, 1.54) is 0 Å². The fourth-order valence-corrected chi connectivity index (χ4v) is 2.99. The number of hydrogen-bond donors (Lipinski definition) is 2. The van der Waals surface area contributed by atoms with Gasteiger partial charge in [0.05, 0.1) is 5.75 Å². The molecule has 4 nitrogen and oxygen atoms in total. The molecule has 0 spiro atoms. The summed E-state index contributed by atoms with van der Waals surface area (Å²) in [5.41, 5.74) is 7.42. The molecule has 0 aliphatic rings. The number of anilines is 1. The molecule has 3 N–H and O–H groups in total. The fourth-order valence-electron chi connectivity index (χ4n) is 1.55. The molecule has 1 aromatic carbocycles. The fraction of sp³-hybridized carbons (Fsp3) is 0.571. The Morgan fingerprint density at radius 2 is 1.74 bits per heavy atom. The molecule has 0 radical (unpaired) electrons. The summed E-state index contributed by atoms with van der Waals surface area (Å²) in [4.78, 5) is 0. The van der Waals surface area contributed by atoms with Crippen molar-refractivity contribution in [3.8, 4) is 0 Å². The highest BCUT2D eigenvalue weighted by Crippen LogP contribution is 2.18. The number of nitrogens with two attached hydrogens (primary N) is 1. The van der Waals surface area contributed by atoms with Crippen molar-refractivity contribution in [1.82, 2.24) is 4.72 Å². The summed E-state index contributed by atoms with van der Waals surface area (Å²) >= 11 is 0. The SMILES string of the molecule is CC(C)(C)CCS(=O)(=O)NCCc1ccc(N)cc1. The van der Waals surface area contributed by atoms with Crippen molar-refractivity contribution in [2.75, 3.05) is 18.0 Å². The maximum Gasteiger partial charge on any atom is 0.211 e. The lowest BCUT2D eigenvalue weighted by molar-refractivity contribution is 0.396. The third-order valence-electron chi connectivity index (χ3n) is 2.84. The molecule has 1 aromatic rings. The zero-order valence-corrected chi connectivity index (χ0v) is 12.8. The Morgan fingerprint density at radius 1 is 1.16 bits per heavy atom. The molecule has 0 heterocycles. The van der Waals surface area contributed by atoms with Crippen LogP contribution in [0.3, 0.4) is 0 Å². The van der Waals surface area contributed by atoms with Crippen LogP contribution in [0.1, 0.15) is 32.8 Å². The maximum absolute atomic E-state index is 11.8. The second-order valence-electron chi connectivity index (χ2n) is 6.02. The quantitative estimate of drug-likeness (QED) is 0.786. The highest BCUT2D eigenvalue weighted by atomic mass is 32.2. The van der Waals surface area contributed by atoms with Crippen LogP contribution in [-0.2, 0) is 16.4 Å². The molecule has 0 saturated heterocycles. The zero-order valence-electron chi connectivity index (χ0n) is 11.9. The molecule has 5 heteroatoms. The first kappa shape index (κ1) is 16.0.